The van der Waals surface area contributed by atoms with E-state index in [0.29, 0.717) is 35.0 Å². The second kappa shape index (κ2) is 8.31. The number of methoxy groups -OCH3 is 1. The van der Waals surface area contributed by atoms with E-state index in [2.05, 4.69) is 64.1 Å². The standard InChI is InChI=1S/C22H32N2O2Si/c1-15(2)27(16(3)4,17(5)6)24-14-19(9-11-22(25)26-7)20-12-18(13-23)8-10-21(20)24/h8,10,12,14-17H,9,11H2,1-7H3. The van der Waals surface area contributed by atoms with Gasteiger partial charge in [-0.15, -0.1) is 0 Å². The van der Waals surface area contributed by atoms with Gasteiger partial charge in [-0.3, -0.25) is 4.79 Å². The number of ether oxygens (including phenoxy) is 1. The predicted molar refractivity (Wildman–Crippen MR) is 113 cm³/mol. The van der Waals surface area contributed by atoms with E-state index in [1.807, 2.05) is 12.1 Å². The first kappa shape index (κ1) is 21.2. The number of aryl methyl sites for hydroxylation is 1. The van der Waals surface area contributed by atoms with Crippen LogP contribution in [0, 0.1) is 11.3 Å². The fourth-order valence-electron chi connectivity index (χ4n) is 5.06. The van der Waals surface area contributed by atoms with E-state index in [-0.39, 0.29) is 5.97 Å². The van der Waals surface area contributed by atoms with Crippen LogP contribution in [0.25, 0.3) is 10.9 Å². The van der Waals surface area contributed by atoms with E-state index in [0.717, 1.165) is 10.9 Å². The van der Waals surface area contributed by atoms with Gasteiger partial charge in [-0.25, -0.2) is 0 Å². The third-order valence-corrected chi connectivity index (χ3v) is 12.8. The van der Waals surface area contributed by atoms with Crippen LogP contribution < -0.4 is 0 Å². The van der Waals surface area contributed by atoms with Gasteiger partial charge in [-0.1, -0.05) is 41.5 Å². The van der Waals surface area contributed by atoms with E-state index < -0.39 is 8.24 Å². The van der Waals surface area contributed by atoms with Crippen LogP contribution in [0.4, 0.5) is 0 Å². The third-order valence-electron chi connectivity index (χ3n) is 6.03. The molecule has 0 spiro atoms. The number of carbonyl (C=O) groups is 1. The van der Waals surface area contributed by atoms with Crippen molar-refractivity contribution >= 4 is 25.1 Å². The highest BCUT2D eigenvalue weighted by Gasteiger charge is 2.46. The van der Waals surface area contributed by atoms with E-state index >= 15 is 0 Å². The summed E-state index contributed by atoms with van der Waals surface area (Å²) >= 11 is 0. The molecule has 4 nitrogen and oxygen atoms in total. The highest BCUT2D eigenvalue weighted by atomic mass is 28.3. The number of carbonyl (C=O) groups excluding carboxylic acids is 1. The summed E-state index contributed by atoms with van der Waals surface area (Å²) in [4.78, 5) is 11.7. The molecular formula is C22H32N2O2Si. The molecule has 2 rings (SSSR count). The minimum absolute atomic E-state index is 0.201. The Bertz CT molecular complexity index is 837. The fraction of sp³-hybridized carbons (Fsp3) is 0.545. The molecule has 146 valence electrons. The van der Waals surface area contributed by atoms with Gasteiger partial charge >= 0.3 is 5.97 Å². The van der Waals surface area contributed by atoms with Crippen LogP contribution in [0.15, 0.2) is 24.4 Å². The smallest absolute Gasteiger partial charge is 0.305 e. The molecule has 5 heteroatoms. The van der Waals surface area contributed by atoms with Gasteiger partial charge in [0.25, 0.3) is 0 Å². The van der Waals surface area contributed by atoms with Crippen LogP contribution in [-0.4, -0.2) is 25.5 Å². The Morgan fingerprint density at radius 3 is 2.22 bits per heavy atom. The van der Waals surface area contributed by atoms with Gasteiger partial charge in [0.05, 0.1) is 18.7 Å². The number of rotatable bonds is 7. The lowest BCUT2D eigenvalue weighted by molar-refractivity contribution is -0.140. The predicted octanol–water partition coefficient (Wildman–Crippen LogP) is 5.64. The maximum absolute atomic E-state index is 11.7. The summed E-state index contributed by atoms with van der Waals surface area (Å²) in [6.45, 7) is 14.1. The SMILES string of the molecule is COC(=O)CCc1cn([Si](C(C)C)(C(C)C)C(C)C)c2ccc(C#N)cc12. The van der Waals surface area contributed by atoms with Gasteiger partial charge in [0, 0.05) is 17.3 Å². The Labute approximate surface area is 164 Å². The second-order valence-electron chi connectivity index (χ2n) is 8.30. The third kappa shape index (κ3) is 3.68. The molecule has 0 fully saturated rings. The van der Waals surface area contributed by atoms with Crippen LogP contribution in [0.2, 0.25) is 16.6 Å². The van der Waals surface area contributed by atoms with Crippen molar-refractivity contribution < 1.29 is 9.53 Å². The molecule has 1 aromatic heterocycles. The van der Waals surface area contributed by atoms with Crippen LogP contribution in [0.5, 0.6) is 0 Å². The molecule has 0 amide bonds. The van der Waals surface area contributed by atoms with E-state index in [1.165, 1.54) is 12.6 Å². The number of hydrogen-bond donors (Lipinski definition) is 0. The van der Waals surface area contributed by atoms with E-state index in [9.17, 15) is 10.1 Å². The van der Waals surface area contributed by atoms with E-state index in [1.54, 1.807) is 0 Å². The first-order chi connectivity index (χ1) is 12.7. The zero-order chi connectivity index (χ0) is 20.4. The number of nitrogens with zero attached hydrogens (tertiary/aromatic N) is 2. The summed E-state index contributed by atoms with van der Waals surface area (Å²) < 4.78 is 7.38. The largest absolute Gasteiger partial charge is 0.469 e. The number of esters is 1. The van der Waals surface area contributed by atoms with Gasteiger partial charge < -0.3 is 8.97 Å². The zero-order valence-electron chi connectivity index (χ0n) is 17.7. The van der Waals surface area contributed by atoms with Gasteiger partial charge in [-0.2, -0.15) is 5.26 Å². The Hall–Kier alpha value is -2.06. The molecule has 0 aliphatic heterocycles. The van der Waals surface area contributed by atoms with Gasteiger partial charge in [0.2, 0.25) is 0 Å². The van der Waals surface area contributed by atoms with Crippen molar-refractivity contribution in [2.45, 2.75) is 71.0 Å². The van der Waals surface area contributed by atoms with Crippen LogP contribution in [0.3, 0.4) is 0 Å². The quantitative estimate of drug-likeness (QED) is 0.458. The van der Waals surface area contributed by atoms with Crippen LogP contribution >= 0.6 is 0 Å². The van der Waals surface area contributed by atoms with Crippen molar-refractivity contribution in [2.24, 2.45) is 0 Å². The minimum Gasteiger partial charge on any atom is -0.469 e. The maximum Gasteiger partial charge on any atom is 0.305 e. The fourth-order valence-corrected chi connectivity index (χ4v) is 11.7. The average molecular weight is 385 g/mol. The number of nitriles is 1. The number of aromatic nitrogens is 1. The maximum atomic E-state index is 11.7. The Kier molecular flexibility index (Phi) is 6.53. The topological polar surface area (TPSA) is 55.0 Å². The Morgan fingerprint density at radius 2 is 1.74 bits per heavy atom. The molecule has 1 aromatic carbocycles. The monoisotopic (exact) mass is 384 g/mol. The molecule has 0 saturated carbocycles. The average Bonchev–Trinajstić information content (AvgIpc) is 2.97. The molecule has 0 N–H and O–H groups in total. The lowest BCUT2D eigenvalue weighted by Gasteiger charge is -2.44. The number of fused-ring (bicyclic) bond motifs is 1. The molecular weight excluding hydrogens is 352 g/mol. The number of hydrogen-bond acceptors (Lipinski definition) is 3. The summed E-state index contributed by atoms with van der Waals surface area (Å²) in [7, 11) is -0.498. The van der Waals surface area contributed by atoms with Gasteiger partial charge in [-0.05, 0) is 53.0 Å². The lowest BCUT2D eigenvalue weighted by atomic mass is 10.1. The summed E-state index contributed by atoms with van der Waals surface area (Å²) in [6.07, 6.45) is 3.25. The first-order valence-corrected chi connectivity index (χ1v) is 12.0. The lowest BCUT2D eigenvalue weighted by Crippen LogP contribution is -2.51. The van der Waals surface area contributed by atoms with Crippen LogP contribution in [-0.2, 0) is 16.0 Å². The highest BCUT2D eigenvalue weighted by molar-refractivity contribution is 6.82. The summed E-state index contributed by atoms with van der Waals surface area (Å²) in [5.74, 6) is -0.201. The molecule has 2 aromatic rings. The van der Waals surface area contributed by atoms with Gasteiger partial charge in [0.1, 0.15) is 0 Å². The molecule has 1 heterocycles. The summed E-state index contributed by atoms with van der Waals surface area (Å²) in [6, 6.07) is 8.21. The van der Waals surface area contributed by atoms with Crippen LogP contribution in [0.1, 0.15) is 59.1 Å². The Balaban J connectivity index is 2.76. The summed E-state index contributed by atoms with van der Waals surface area (Å²) in [5, 5.41) is 10.4. The summed E-state index contributed by atoms with van der Waals surface area (Å²) in [5.41, 5.74) is 4.68. The highest BCUT2D eigenvalue weighted by Crippen LogP contribution is 2.45. The molecule has 0 atom stereocenters. The number of benzene rings is 1. The van der Waals surface area contributed by atoms with E-state index in [4.69, 9.17) is 4.74 Å². The Morgan fingerprint density at radius 1 is 1.15 bits per heavy atom. The van der Waals surface area contributed by atoms with Crippen molar-refractivity contribution in [3.05, 3.63) is 35.5 Å². The molecule has 0 aliphatic rings. The normalized spacial score (nSPS) is 12.2. The minimum atomic E-state index is -1.92. The van der Waals surface area contributed by atoms with Crippen molar-refractivity contribution in [3.8, 4) is 6.07 Å². The first-order valence-electron chi connectivity index (χ1n) is 9.81. The second-order valence-corrected chi connectivity index (χ2v) is 14.0. The molecule has 0 aliphatic carbocycles. The van der Waals surface area contributed by atoms with Crippen molar-refractivity contribution in [1.29, 1.82) is 5.26 Å². The molecule has 27 heavy (non-hydrogen) atoms. The molecule has 0 saturated heterocycles. The molecule has 0 unspecified atom stereocenters. The van der Waals surface area contributed by atoms with Crippen molar-refractivity contribution in [1.82, 2.24) is 4.23 Å². The zero-order valence-corrected chi connectivity index (χ0v) is 18.7. The van der Waals surface area contributed by atoms with Crippen molar-refractivity contribution in [2.75, 3.05) is 7.11 Å². The van der Waals surface area contributed by atoms with Crippen molar-refractivity contribution in [3.63, 3.8) is 0 Å². The molecule has 0 bridgehead atoms. The molecule has 0 radical (unpaired) electrons. The van der Waals surface area contributed by atoms with Gasteiger partial charge in [0.15, 0.2) is 8.24 Å².